The fraction of sp³-hybridized carbons (Fsp3) is 0.0417. The van der Waals surface area contributed by atoms with Crippen molar-refractivity contribution in [3.8, 4) is 11.1 Å². The summed E-state index contributed by atoms with van der Waals surface area (Å²) < 4.78 is 0. The summed E-state index contributed by atoms with van der Waals surface area (Å²) in [5.41, 5.74) is 3.96. The van der Waals surface area contributed by atoms with Crippen LogP contribution in [0.1, 0.15) is 5.56 Å². The van der Waals surface area contributed by atoms with Gasteiger partial charge in [0.05, 0.1) is 0 Å². The van der Waals surface area contributed by atoms with Gasteiger partial charge in [0.2, 0.25) is 0 Å². The van der Waals surface area contributed by atoms with Gasteiger partial charge in [-0.25, -0.2) is 0 Å². The van der Waals surface area contributed by atoms with Crippen molar-refractivity contribution < 1.29 is 51.0 Å². The van der Waals surface area contributed by atoms with Crippen LogP contribution in [-0.4, -0.2) is 0 Å². The molecule has 0 spiro atoms. The first kappa shape index (κ1) is 21.8. The first-order valence-electron chi connectivity index (χ1n) is 8.37. The number of rotatable bonds is 1. The molecule has 5 aromatic carbocycles. The molecule has 131 valence electrons. The molecule has 0 saturated carbocycles. The van der Waals surface area contributed by atoms with Gasteiger partial charge in [0.25, 0.3) is 0 Å². The second-order valence-electron chi connectivity index (χ2n) is 6.57. The van der Waals surface area contributed by atoms with Crippen LogP contribution in [0.5, 0.6) is 0 Å². The Bertz CT molecular complexity index is 1220. The number of benzene rings is 4. The van der Waals surface area contributed by atoms with Crippen molar-refractivity contribution in [2.24, 2.45) is 0 Å². The molecule has 0 bridgehead atoms. The molecular formula is C24H17Cl2Zr. The summed E-state index contributed by atoms with van der Waals surface area (Å²) in [5, 5.41) is 7.88. The van der Waals surface area contributed by atoms with E-state index in [0.717, 1.165) is 0 Å². The van der Waals surface area contributed by atoms with E-state index < -0.39 is 0 Å². The normalized spacial score (nSPS) is 10.3. The first-order chi connectivity index (χ1) is 11.8. The number of hydrogen-bond acceptors (Lipinski definition) is 0. The van der Waals surface area contributed by atoms with Crippen LogP contribution in [0, 0.1) is 6.92 Å². The van der Waals surface area contributed by atoms with Crippen LogP contribution in [0.15, 0.2) is 84.9 Å². The molecule has 0 atom stereocenters. The zero-order chi connectivity index (χ0) is 16.1. The summed E-state index contributed by atoms with van der Waals surface area (Å²) >= 11 is 0. The Morgan fingerprint density at radius 1 is 0.593 bits per heavy atom. The minimum atomic E-state index is 0. The topological polar surface area (TPSA) is 0 Å². The molecule has 0 heterocycles. The summed E-state index contributed by atoms with van der Waals surface area (Å²) in [6, 6.07) is 31.0. The van der Waals surface area contributed by atoms with Crippen molar-refractivity contribution >= 4 is 32.3 Å². The van der Waals surface area contributed by atoms with Crippen molar-refractivity contribution in [1.29, 1.82) is 0 Å². The molecule has 3 heteroatoms. The maximum atomic E-state index is 2.33. The van der Waals surface area contributed by atoms with Crippen LogP contribution < -0.4 is 24.8 Å². The summed E-state index contributed by atoms with van der Waals surface area (Å²) in [6.45, 7) is 2.17. The molecule has 5 rings (SSSR count). The standard InChI is InChI=1S/C24H17.2ClH.Zr/c1-16-12-19-8-4-10-21(23(19)13-16)22-11-5-9-20-14-17-6-2-3-7-18(17)15-24(20)22;;;/h2-15H,1H3;2*1H;/q-1;;;+3/p-2. The van der Waals surface area contributed by atoms with Gasteiger partial charge in [0.1, 0.15) is 0 Å². The Hall–Kier alpha value is -1.53. The van der Waals surface area contributed by atoms with Gasteiger partial charge in [0, 0.05) is 0 Å². The van der Waals surface area contributed by atoms with Crippen molar-refractivity contribution in [3.63, 3.8) is 0 Å². The molecule has 0 fully saturated rings. The zero-order valence-electron chi connectivity index (χ0n) is 14.8. The van der Waals surface area contributed by atoms with Crippen LogP contribution in [-0.2, 0) is 26.2 Å². The Labute approximate surface area is 190 Å². The molecule has 0 aromatic heterocycles. The van der Waals surface area contributed by atoms with Crippen LogP contribution in [0.25, 0.3) is 43.4 Å². The van der Waals surface area contributed by atoms with E-state index in [1.807, 2.05) is 0 Å². The summed E-state index contributed by atoms with van der Waals surface area (Å²) in [7, 11) is 0. The predicted octanol–water partition coefficient (Wildman–Crippen LogP) is 0.846. The van der Waals surface area contributed by atoms with Crippen molar-refractivity contribution in [2.75, 3.05) is 0 Å². The quantitative estimate of drug-likeness (QED) is 0.253. The van der Waals surface area contributed by atoms with E-state index >= 15 is 0 Å². The summed E-state index contributed by atoms with van der Waals surface area (Å²) in [4.78, 5) is 0. The molecule has 0 N–H and O–H groups in total. The Kier molecular flexibility index (Phi) is 6.98. The molecule has 1 radical (unpaired) electrons. The maximum absolute atomic E-state index is 2.33. The van der Waals surface area contributed by atoms with Crippen LogP contribution in [0.3, 0.4) is 0 Å². The number of fused-ring (bicyclic) bond motifs is 3. The van der Waals surface area contributed by atoms with Gasteiger partial charge in [-0.05, 0) is 39.2 Å². The Balaban J connectivity index is 0.000000871. The fourth-order valence-corrected chi connectivity index (χ4v) is 3.82. The molecule has 0 aliphatic rings. The predicted molar refractivity (Wildman–Crippen MR) is 105 cm³/mol. The van der Waals surface area contributed by atoms with E-state index in [4.69, 9.17) is 0 Å². The maximum Gasteiger partial charge on any atom is 3.00 e. The van der Waals surface area contributed by atoms with Crippen LogP contribution in [0.2, 0.25) is 0 Å². The smallest absolute Gasteiger partial charge is 1.00 e. The van der Waals surface area contributed by atoms with Gasteiger partial charge in [-0.15, -0.1) is 34.5 Å². The van der Waals surface area contributed by atoms with Crippen LogP contribution in [0.4, 0.5) is 0 Å². The minimum Gasteiger partial charge on any atom is -1.00 e. The van der Waals surface area contributed by atoms with Crippen molar-refractivity contribution in [2.45, 2.75) is 6.92 Å². The Morgan fingerprint density at radius 2 is 1.19 bits per heavy atom. The third-order valence-electron chi connectivity index (χ3n) is 4.93. The molecule has 0 aliphatic heterocycles. The van der Waals surface area contributed by atoms with E-state index in [2.05, 4.69) is 91.9 Å². The monoisotopic (exact) mass is 465 g/mol. The van der Waals surface area contributed by atoms with E-state index in [9.17, 15) is 0 Å². The number of hydrogen-bond donors (Lipinski definition) is 0. The minimum absolute atomic E-state index is 0. The number of aryl methyl sites for hydroxylation is 1. The second kappa shape index (κ2) is 8.65. The molecule has 5 aromatic rings. The van der Waals surface area contributed by atoms with E-state index in [-0.39, 0.29) is 51.0 Å². The third kappa shape index (κ3) is 3.74. The van der Waals surface area contributed by atoms with Gasteiger partial charge < -0.3 is 24.8 Å². The molecular weight excluding hydrogens is 450 g/mol. The van der Waals surface area contributed by atoms with Crippen molar-refractivity contribution in [3.05, 3.63) is 90.5 Å². The molecule has 27 heavy (non-hydrogen) atoms. The fourth-order valence-electron chi connectivity index (χ4n) is 3.82. The van der Waals surface area contributed by atoms with Gasteiger partial charge in [0.15, 0.2) is 0 Å². The summed E-state index contributed by atoms with van der Waals surface area (Å²) in [5.74, 6) is 0. The van der Waals surface area contributed by atoms with Gasteiger partial charge in [-0.3, -0.25) is 0 Å². The number of halogens is 2. The van der Waals surface area contributed by atoms with E-state index in [1.54, 1.807) is 0 Å². The molecule has 0 nitrogen and oxygen atoms in total. The van der Waals surface area contributed by atoms with Crippen molar-refractivity contribution in [1.82, 2.24) is 0 Å². The Morgan fingerprint density at radius 3 is 1.93 bits per heavy atom. The molecule has 0 amide bonds. The van der Waals surface area contributed by atoms with E-state index in [1.165, 1.54) is 49.0 Å². The average molecular weight is 468 g/mol. The SMILES string of the molecule is Cc1cc2c(-c3cccc4cc5ccccc5cc34)cccc2[cH-]1.[Cl-].[Cl-].[Zr+3]. The second-order valence-corrected chi connectivity index (χ2v) is 6.57. The third-order valence-corrected chi connectivity index (χ3v) is 4.93. The van der Waals surface area contributed by atoms with Gasteiger partial charge >= 0.3 is 26.2 Å². The largest absolute Gasteiger partial charge is 3.00 e. The van der Waals surface area contributed by atoms with E-state index in [0.29, 0.717) is 0 Å². The summed E-state index contributed by atoms with van der Waals surface area (Å²) in [6.07, 6.45) is 0. The van der Waals surface area contributed by atoms with Gasteiger partial charge in [-0.2, -0.15) is 6.07 Å². The first-order valence-corrected chi connectivity index (χ1v) is 8.37. The molecule has 0 unspecified atom stereocenters. The van der Waals surface area contributed by atoms with Crippen LogP contribution >= 0.6 is 0 Å². The van der Waals surface area contributed by atoms with Gasteiger partial charge in [-0.1, -0.05) is 61.0 Å². The average Bonchev–Trinajstić information content (AvgIpc) is 2.99. The molecule has 0 aliphatic carbocycles. The zero-order valence-corrected chi connectivity index (χ0v) is 18.8. The molecule has 0 saturated heterocycles.